The van der Waals surface area contributed by atoms with E-state index >= 15 is 0 Å². The molecule has 0 aliphatic rings. The molecule has 29 heavy (non-hydrogen) atoms. The number of aromatic nitrogens is 2. The summed E-state index contributed by atoms with van der Waals surface area (Å²) in [5.74, 6) is 0.380. The number of nitrogens with zero attached hydrogens (tertiary/aromatic N) is 2. The van der Waals surface area contributed by atoms with Crippen molar-refractivity contribution in [2.45, 2.75) is 0 Å². The predicted octanol–water partition coefficient (Wildman–Crippen LogP) is 3.62. The van der Waals surface area contributed by atoms with E-state index in [1.807, 2.05) is 54.6 Å². The minimum Gasteiger partial charge on any atom is -0.484 e. The van der Waals surface area contributed by atoms with E-state index in [4.69, 9.17) is 4.74 Å². The third-order valence-corrected chi connectivity index (χ3v) is 4.49. The van der Waals surface area contributed by atoms with Crippen LogP contribution in [0.3, 0.4) is 0 Å². The molecule has 0 saturated carbocycles. The highest BCUT2D eigenvalue weighted by Gasteiger charge is 2.07. The zero-order valence-electron chi connectivity index (χ0n) is 15.8. The van der Waals surface area contributed by atoms with Crippen LogP contribution in [0.15, 0.2) is 83.7 Å². The Kier molecular flexibility index (Phi) is 5.07. The number of aryl methyl sites for hydroxylation is 1. The Bertz CT molecular complexity index is 1250. The van der Waals surface area contributed by atoms with Crippen molar-refractivity contribution >= 4 is 22.4 Å². The van der Waals surface area contributed by atoms with Crippen molar-refractivity contribution < 1.29 is 9.53 Å². The highest BCUT2D eigenvalue weighted by Crippen LogP contribution is 2.21. The molecule has 0 atom stereocenters. The fourth-order valence-corrected chi connectivity index (χ4v) is 3.02. The van der Waals surface area contributed by atoms with Gasteiger partial charge in [-0.25, -0.2) is 4.68 Å². The Morgan fingerprint density at radius 3 is 2.62 bits per heavy atom. The van der Waals surface area contributed by atoms with Gasteiger partial charge in [0.15, 0.2) is 6.61 Å². The molecule has 1 N–H and O–H groups in total. The van der Waals surface area contributed by atoms with E-state index in [-0.39, 0.29) is 18.1 Å². The maximum absolute atomic E-state index is 12.3. The molecule has 6 nitrogen and oxygen atoms in total. The number of anilines is 1. The van der Waals surface area contributed by atoms with E-state index < -0.39 is 0 Å². The van der Waals surface area contributed by atoms with Crippen LogP contribution in [0.2, 0.25) is 0 Å². The Morgan fingerprint density at radius 1 is 0.966 bits per heavy atom. The van der Waals surface area contributed by atoms with Gasteiger partial charge in [0.25, 0.3) is 11.5 Å². The fraction of sp³-hybridized carbons (Fsp3) is 0.0870. The third-order valence-electron chi connectivity index (χ3n) is 4.49. The zero-order valence-corrected chi connectivity index (χ0v) is 15.8. The molecule has 0 unspecified atom stereocenters. The van der Waals surface area contributed by atoms with Crippen LogP contribution in [0.4, 0.5) is 5.69 Å². The number of amides is 1. The Morgan fingerprint density at radius 2 is 1.79 bits per heavy atom. The smallest absolute Gasteiger partial charge is 0.266 e. The molecule has 0 spiro atoms. The number of ether oxygens (including phenoxy) is 1. The number of hydrogen-bond donors (Lipinski definition) is 1. The van der Waals surface area contributed by atoms with Gasteiger partial charge in [-0.3, -0.25) is 9.59 Å². The van der Waals surface area contributed by atoms with E-state index in [0.717, 1.165) is 16.3 Å². The minimum atomic E-state index is -0.260. The predicted molar refractivity (Wildman–Crippen MR) is 113 cm³/mol. The molecule has 0 saturated heterocycles. The standard InChI is InChI=1S/C23H19N3O3/c1-26-23(28)12-11-21(25-26)18-7-4-8-19(13-18)24-22(27)15-29-20-10-9-16-5-2-3-6-17(16)14-20/h2-14H,15H2,1H3,(H,24,27). The monoisotopic (exact) mass is 385 g/mol. The Hall–Kier alpha value is -3.93. The first-order chi connectivity index (χ1) is 14.1. The van der Waals surface area contributed by atoms with Crippen molar-refractivity contribution in [3.05, 3.63) is 89.2 Å². The first kappa shape index (κ1) is 18.4. The summed E-state index contributed by atoms with van der Waals surface area (Å²) in [4.78, 5) is 23.8. The average Bonchev–Trinajstić information content (AvgIpc) is 2.74. The molecule has 0 aliphatic heterocycles. The molecule has 1 amide bonds. The lowest BCUT2D eigenvalue weighted by Crippen LogP contribution is -2.20. The number of fused-ring (bicyclic) bond motifs is 1. The summed E-state index contributed by atoms with van der Waals surface area (Å²) < 4.78 is 6.91. The zero-order chi connectivity index (χ0) is 20.2. The molecule has 1 heterocycles. The van der Waals surface area contributed by atoms with Crippen LogP contribution in [0.25, 0.3) is 22.0 Å². The van der Waals surface area contributed by atoms with Crippen LogP contribution in [0.5, 0.6) is 5.75 Å². The van der Waals surface area contributed by atoms with Crippen LogP contribution < -0.4 is 15.6 Å². The maximum Gasteiger partial charge on any atom is 0.266 e. The van der Waals surface area contributed by atoms with Gasteiger partial charge < -0.3 is 10.1 Å². The second-order valence-corrected chi connectivity index (χ2v) is 6.61. The summed E-state index contributed by atoms with van der Waals surface area (Å²) in [6.45, 7) is -0.0966. The number of carbonyl (C=O) groups is 1. The summed E-state index contributed by atoms with van der Waals surface area (Å²) in [6, 6.07) is 24.1. The molecule has 0 bridgehead atoms. The minimum absolute atomic E-state index is 0.0966. The number of benzene rings is 3. The van der Waals surface area contributed by atoms with E-state index in [0.29, 0.717) is 17.1 Å². The van der Waals surface area contributed by atoms with Crippen LogP contribution >= 0.6 is 0 Å². The quantitative estimate of drug-likeness (QED) is 0.570. The number of rotatable bonds is 5. The van der Waals surface area contributed by atoms with Gasteiger partial charge in [-0.05, 0) is 41.1 Å². The molecule has 4 aromatic rings. The molecule has 0 fully saturated rings. The van der Waals surface area contributed by atoms with E-state index in [1.165, 1.54) is 10.7 Å². The van der Waals surface area contributed by atoms with Gasteiger partial charge in [0.1, 0.15) is 5.75 Å². The summed E-state index contributed by atoms with van der Waals surface area (Å²) >= 11 is 0. The second-order valence-electron chi connectivity index (χ2n) is 6.61. The molecule has 4 rings (SSSR count). The molecular weight excluding hydrogens is 366 g/mol. The largest absolute Gasteiger partial charge is 0.484 e. The van der Waals surface area contributed by atoms with Crippen LogP contribution in [-0.2, 0) is 11.8 Å². The molecule has 0 aliphatic carbocycles. The van der Waals surface area contributed by atoms with Crippen molar-refractivity contribution in [2.24, 2.45) is 7.05 Å². The maximum atomic E-state index is 12.3. The van der Waals surface area contributed by atoms with Crippen LogP contribution in [0, 0.1) is 0 Å². The van der Waals surface area contributed by atoms with Gasteiger partial charge in [0.05, 0.1) is 5.69 Å². The number of nitrogens with one attached hydrogen (secondary N) is 1. The second kappa shape index (κ2) is 7.98. The van der Waals surface area contributed by atoms with Crippen molar-refractivity contribution in [1.82, 2.24) is 9.78 Å². The lowest BCUT2D eigenvalue weighted by Gasteiger charge is -2.10. The lowest BCUT2D eigenvalue weighted by molar-refractivity contribution is -0.118. The molecule has 6 heteroatoms. The first-order valence-electron chi connectivity index (χ1n) is 9.15. The average molecular weight is 385 g/mol. The third kappa shape index (κ3) is 4.32. The van der Waals surface area contributed by atoms with Gasteiger partial charge in [-0.2, -0.15) is 5.10 Å². The van der Waals surface area contributed by atoms with E-state index in [1.54, 1.807) is 25.2 Å². The Labute approximate surface area is 167 Å². The molecule has 3 aromatic carbocycles. The lowest BCUT2D eigenvalue weighted by atomic mass is 10.1. The van der Waals surface area contributed by atoms with Crippen LogP contribution in [-0.4, -0.2) is 22.3 Å². The van der Waals surface area contributed by atoms with Crippen molar-refractivity contribution in [1.29, 1.82) is 0 Å². The van der Waals surface area contributed by atoms with Crippen molar-refractivity contribution in [2.75, 3.05) is 11.9 Å². The first-order valence-corrected chi connectivity index (χ1v) is 9.15. The summed E-state index contributed by atoms with van der Waals surface area (Å²) in [5.41, 5.74) is 1.90. The van der Waals surface area contributed by atoms with Crippen molar-refractivity contribution in [3.63, 3.8) is 0 Å². The van der Waals surface area contributed by atoms with E-state index in [2.05, 4.69) is 10.4 Å². The van der Waals surface area contributed by atoms with E-state index in [9.17, 15) is 9.59 Å². The topological polar surface area (TPSA) is 73.2 Å². The summed E-state index contributed by atoms with van der Waals surface area (Å²) in [5, 5.41) is 9.23. The molecular formula is C23H19N3O3. The highest BCUT2D eigenvalue weighted by atomic mass is 16.5. The Balaban J connectivity index is 1.42. The van der Waals surface area contributed by atoms with Gasteiger partial charge in [-0.15, -0.1) is 0 Å². The number of hydrogen-bond acceptors (Lipinski definition) is 4. The molecule has 1 aromatic heterocycles. The molecule has 0 radical (unpaired) electrons. The highest BCUT2D eigenvalue weighted by molar-refractivity contribution is 5.92. The fourth-order valence-electron chi connectivity index (χ4n) is 3.02. The van der Waals surface area contributed by atoms with Crippen LogP contribution in [0.1, 0.15) is 0 Å². The summed E-state index contributed by atoms with van der Waals surface area (Å²) in [6.07, 6.45) is 0. The van der Waals surface area contributed by atoms with Gasteiger partial charge >= 0.3 is 0 Å². The van der Waals surface area contributed by atoms with Gasteiger partial charge in [0.2, 0.25) is 0 Å². The molecule has 144 valence electrons. The van der Waals surface area contributed by atoms with Crippen molar-refractivity contribution in [3.8, 4) is 17.0 Å². The SMILES string of the molecule is Cn1nc(-c2cccc(NC(=O)COc3ccc4ccccc4c3)c2)ccc1=O. The number of carbonyl (C=O) groups excluding carboxylic acids is 1. The van der Waals surface area contributed by atoms with Gasteiger partial charge in [0, 0.05) is 24.4 Å². The normalized spacial score (nSPS) is 10.7. The van der Waals surface area contributed by atoms with Gasteiger partial charge in [-0.1, -0.05) is 42.5 Å². The summed E-state index contributed by atoms with van der Waals surface area (Å²) in [7, 11) is 1.60.